The minimum Gasteiger partial charge on any atom is -0.376 e. The molecule has 1 saturated heterocycles. The summed E-state index contributed by atoms with van der Waals surface area (Å²) in [6, 6.07) is 11.0. The lowest BCUT2D eigenvalue weighted by atomic mass is 10.0. The quantitative estimate of drug-likeness (QED) is 0.926. The summed E-state index contributed by atoms with van der Waals surface area (Å²) < 4.78 is 5.89. The molecule has 3 nitrogen and oxygen atoms in total. The smallest absolute Gasteiger partial charge is 0.0757 e. The van der Waals surface area contributed by atoms with Crippen LogP contribution in [0.15, 0.2) is 36.5 Å². The largest absolute Gasteiger partial charge is 0.376 e. The van der Waals surface area contributed by atoms with Gasteiger partial charge in [0, 0.05) is 30.8 Å². The Morgan fingerprint density at radius 1 is 1.15 bits per heavy atom. The van der Waals surface area contributed by atoms with E-state index in [0.29, 0.717) is 12.1 Å². The van der Waals surface area contributed by atoms with Gasteiger partial charge in [-0.2, -0.15) is 0 Å². The van der Waals surface area contributed by atoms with Gasteiger partial charge < -0.3 is 10.1 Å². The maximum atomic E-state index is 5.89. The second kappa shape index (κ2) is 5.15. The van der Waals surface area contributed by atoms with Crippen molar-refractivity contribution in [1.82, 2.24) is 10.3 Å². The van der Waals surface area contributed by atoms with Crippen LogP contribution in [-0.2, 0) is 11.3 Å². The minimum atomic E-state index is 0.443. The second-order valence-electron chi connectivity index (χ2n) is 5.94. The summed E-state index contributed by atoms with van der Waals surface area (Å²) in [5.74, 6) is 0.806. The first-order valence-electron chi connectivity index (χ1n) is 7.59. The van der Waals surface area contributed by atoms with E-state index in [2.05, 4.69) is 34.6 Å². The van der Waals surface area contributed by atoms with E-state index in [-0.39, 0.29) is 0 Å². The molecule has 104 valence electrons. The van der Waals surface area contributed by atoms with Crippen molar-refractivity contribution < 1.29 is 4.74 Å². The number of hydrogen-bond donors (Lipinski definition) is 1. The summed E-state index contributed by atoms with van der Waals surface area (Å²) in [6.07, 6.45) is 6.15. The Morgan fingerprint density at radius 3 is 2.95 bits per heavy atom. The average Bonchev–Trinajstić information content (AvgIpc) is 3.24. The summed E-state index contributed by atoms with van der Waals surface area (Å²) in [5, 5.41) is 4.91. The van der Waals surface area contributed by atoms with Crippen molar-refractivity contribution in [2.75, 3.05) is 6.61 Å². The average molecular weight is 268 g/mol. The summed E-state index contributed by atoms with van der Waals surface area (Å²) in [5.41, 5.74) is 2.40. The van der Waals surface area contributed by atoms with E-state index >= 15 is 0 Å². The van der Waals surface area contributed by atoms with Crippen LogP contribution in [0.1, 0.15) is 24.8 Å². The standard InChI is InChI=1S/C17H20N2O/c1-3-12-5-2-9-18-16(12)14(4-1)11-19-15-8-10-20-17(15)13-6-7-13/h1-5,9,13,15,17,19H,6-8,10-11H2. The highest BCUT2D eigenvalue weighted by atomic mass is 16.5. The summed E-state index contributed by atoms with van der Waals surface area (Å²) in [4.78, 5) is 4.52. The Balaban J connectivity index is 1.50. The van der Waals surface area contributed by atoms with Crippen LogP contribution < -0.4 is 5.32 Å². The number of aromatic nitrogens is 1. The molecule has 0 bridgehead atoms. The summed E-state index contributed by atoms with van der Waals surface area (Å²) in [7, 11) is 0. The molecule has 0 amide bonds. The Morgan fingerprint density at radius 2 is 2.05 bits per heavy atom. The van der Waals surface area contributed by atoms with E-state index in [9.17, 15) is 0 Å². The molecule has 2 aromatic rings. The molecule has 2 aliphatic rings. The molecular weight excluding hydrogens is 248 g/mol. The van der Waals surface area contributed by atoms with Crippen molar-refractivity contribution in [2.24, 2.45) is 5.92 Å². The molecule has 2 unspecified atom stereocenters. The van der Waals surface area contributed by atoms with Crippen LogP contribution in [0.25, 0.3) is 10.9 Å². The normalized spacial score (nSPS) is 26.2. The third-order valence-corrected chi connectivity index (χ3v) is 4.49. The van der Waals surface area contributed by atoms with Crippen molar-refractivity contribution in [2.45, 2.75) is 38.0 Å². The van der Waals surface area contributed by atoms with Gasteiger partial charge in [-0.05, 0) is 36.8 Å². The Kier molecular flexibility index (Phi) is 3.17. The fourth-order valence-electron chi connectivity index (χ4n) is 3.27. The number of rotatable bonds is 4. The molecule has 2 fully saturated rings. The Bertz CT molecular complexity index is 603. The third-order valence-electron chi connectivity index (χ3n) is 4.49. The van der Waals surface area contributed by atoms with E-state index in [1.807, 2.05) is 12.3 Å². The van der Waals surface area contributed by atoms with Gasteiger partial charge in [-0.15, -0.1) is 0 Å². The predicted octanol–water partition coefficient (Wildman–Crippen LogP) is 2.89. The maximum Gasteiger partial charge on any atom is 0.0757 e. The SMILES string of the molecule is c1cnc2c(CNC3CCOC3C3CC3)cccc2c1. The molecule has 2 heterocycles. The number of nitrogens with one attached hydrogen (secondary N) is 1. The molecule has 1 aromatic carbocycles. The fraction of sp³-hybridized carbons (Fsp3) is 0.471. The van der Waals surface area contributed by atoms with Gasteiger partial charge in [-0.3, -0.25) is 4.98 Å². The number of nitrogens with zero attached hydrogens (tertiary/aromatic N) is 1. The molecule has 2 atom stereocenters. The summed E-state index contributed by atoms with van der Waals surface area (Å²) >= 11 is 0. The number of fused-ring (bicyclic) bond motifs is 1. The number of pyridine rings is 1. The van der Waals surface area contributed by atoms with Gasteiger partial charge in [0.15, 0.2) is 0 Å². The number of para-hydroxylation sites is 1. The Hall–Kier alpha value is -1.45. The molecule has 0 spiro atoms. The van der Waals surface area contributed by atoms with Gasteiger partial charge in [-0.25, -0.2) is 0 Å². The third kappa shape index (κ3) is 2.32. The first-order valence-corrected chi connectivity index (χ1v) is 7.59. The highest BCUT2D eigenvalue weighted by Crippen LogP contribution is 2.38. The topological polar surface area (TPSA) is 34.2 Å². The van der Waals surface area contributed by atoms with E-state index in [1.54, 1.807) is 0 Å². The van der Waals surface area contributed by atoms with Crippen LogP contribution in [0.3, 0.4) is 0 Å². The zero-order chi connectivity index (χ0) is 13.4. The molecule has 4 rings (SSSR count). The fourth-order valence-corrected chi connectivity index (χ4v) is 3.27. The van der Waals surface area contributed by atoms with Crippen LogP contribution in [0.5, 0.6) is 0 Å². The maximum absolute atomic E-state index is 5.89. The van der Waals surface area contributed by atoms with Gasteiger partial charge in [0.2, 0.25) is 0 Å². The molecule has 1 aliphatic heterocycles. The molecule has 1 aliphatic carbocycles. The molecular formula is C17H20N2O. The molecule has 1 N–H and O–H groups in total. The van der Waals surface area contributed by atoms with Crippen LogP contribution in [0.2, 0.25) is 0 Å². The second-order valence-corrected chi connectivity index (χ2v) is 5.94. The van der Waals surface area contributed by atoms with Crippen molar-refractivity contribution in [3.8, 4) is 0 Å². The molecule has 1 aromatic heterocycles. The van der Waals surface area contributed by atoms with Crippen LogP contribution in [-0.4, -0.2) is 23.7 Å². The highest BCUT2D eigenvalue weighted by molar-refractivity contribution is 5.81. The van der Waals surface area contributed by atoms with E-state index in [0.717, 1.165) is 31.0 Å². The van der Waals surface area contributed by atoms with Crippen LogP contribution in [0, 0.1) is 5.92 Å². The zero-order valence-electron chi connectivity index (χ0n) is 11.6. The minimum absolute atomic E-state index is 0.443. The number of hydrogen-bond acceptors (Lipinski definition) is 3. The van der Waals surface area contributed by atoms with Crippen LogP contribution >= 0.6 is 0 Å². The van der Waals surface area contributed by atoms with Crippen molar-refractivity contribution in [3.05, 3.63) is 42.1 Å². The van der Waals surface area contributed by atoms with E-state index in [1.165, 1.54) is 23.8 Å². The summed E-state index contributed by atoms with van der Waals surface area (Å²) in [6.45, 7) is 1.79. The van der Waals surface area contributed by atoms with Crippen molar-refractivity contribution >= 4 is 10.9 Å². The van der Waals surface area contributed by atoms with Gasteiger partial charge in [0.25, 0.3) is 0 Å². The molecule has 1 saturated carbocycles. The Labute approximate surface area is 119 Å². The van der Waals surface area contributed by atoms with Gasteiger partial charge >= 0.3 is 0 Å². The van der Waals surface area contributed by atoms with Gasteiger partial charge in [0.05, 0.1) is 11.6 Å². The number of ether oxygens (including phenoxy) is 1. The van der Waals surface area contributed by atoms with Crippen molar-refractivity contribution in [3.63, 3.8) is 0 Å². The lowest BCUT2D eigenvalue weighted by Gasteiger charge is -2.19. The molecule has 3 heteroatoms. The van der Waals surface area contributed by atoms with Crippen LogP contribution in [0.4, 0.5) is 0 Å². The zero-order valence-corrected chi connectivity index (χ0v) is 11.6. The van der Waals surface area contributed by atoms with E-state index in [4.69, 9.17) is 4.74 Å². The number of benzene rings is 1. The monoisotopic (exact) mass is 268 g/mol. The van der Waals surface area contributed by atoms with Gasteiger partial charge in [-0.1, -0.05) is 24.3 Å². The predicted molar refractivity (Wildman–Crippen MR) is 79.5 cm³/mol. The van der Waals surface area contributed by atoms with E-state index < -0.39 is 0 Å². The lowest BCUT2D eigenvalue weighted by Crippen LogP contribution is -2.37. The molecule has 20 heavy (non-hydrogen) atoms. The van der Waals surface area contributed by atoms with Crippen molar-refractivity contribution in [1.29, 1.82) is 0 Å². The highest BCUT2D eigenvalue weighted by Gasteiger charge is 2.40. The first-order chi connectivity index (χ1) is 9.92. The first kappa shape index (κ1) is 12.3. The van der Waals surface area contributed by atoms with Gasteiger partial charge in [0.1, 0.15) is 0 Å². The molecule has 0 radical (unpaired) electrons. The lowest BCUT2D eigenvalue weighted by molar-refractivity contribution is 0.0809.